The summed E-state index contributed by atoms with van der Waals surface area (Å²) in [5, 5.41) is 21.8. The monoisotopic (exact) mass is 421 g/mol. The van der Waals surface area contributed by atoms with Crippen LogP contribution >= 0.6 is 0 Å². The molecule has 11 nitrogen and oxygen atoms in total. The summed E-state index contributed by atoms with van der Waals surface area (Å²) in [6, 6.07) is 9.61. The number of hydrogen-bond donors (Lipinski definition) is 2. The molecule has 158 valence electrons. The van der Waals surface area contributed by atoms with Crippen LogP contribution in [0.2, 0.25) is 0 Å². The summed E-state index contributed by atoms with van der Waals surface area (Å²) in [4.78, 5) is 30.9. The fourth-order valence-corrected chi connectivity index (χ4v) is 3.07. The van der Waals surface area contributed by atoms with Gasteiger partial charge in [-0.1, -0.05) is 12.1 Å². The molecule has 0 fully saturated rings. The second kappa shape index (κ2) is 9.03. The van der Waals surface area contributed by atoms with Gasteiger partial charge in [-0.15, -0.1) is 0 Å². The molecule has 0 aliphatic heterocycles. The zero-order valence-corrected chi connectivity index (χ0v) is 16.4. The number of nitro groups is 1. The topological polar surface area (TPSA) is 141 Å². The average molecular weight is 421 g/mol. The molecular formula is C20H19N7O4. The van der Waals surface area contributed by atoms with Gasteiger partial charge in [0.05, 0.1) is 42.3 Å². The number of non-ortho nitro benzene ring substituents is 1. The van der Waals surface area contributed by atoms with Crippen molar-refractivity contribution < 1.29 is 14.1 Å². The number of carbonyl (C=O) groups is 1. The maximum Gasteiger partial charge on any atom is 0.269 e. The minimum absolute atomic E-state index is 0.00488. The summed E-state index contributed by atoms with van der Waals surface area (Å²) in [6.45, 7) is 1.29. The predicted octanol–water partition coefficient (Wildman–Crippen LogP) is 2.30. The first-order chi connectivity index (χ1) is 15.1. The smallest absolute Gasteiger partial charge is 0.269 e. The first-order valence-corrected chi connectivity index (χ1v) is 9.53. The molecular weight excluding hydrogens is 402 g/mol. The van der Waals surface area contributed by atoms with Gasteiger partial charge in [0.25, 0.3) is 5.69 Å². The number of fused-ring (bicyclic) bond motifs is 1. The molecule has 0 atom stereocenters. The van der Waals surface area contributed by atoms with Crippen molar-refractivity contribution in [1.29, 1.82) is 0 Å². The number of carbonyl (C=O) groups excluding carboxylic acids is 1. The first kappa shape index (κ1) is 20.0. The van der Waals surface area contributed by atoms with E-state index >= 15 is 0 Å². The standard InChI is InChI=1S/C20H19N7O4/c28-18(10-14-3-5-15(6-4-14)27(29)30)21-7-8-26-20-17(12-25-26)19(23-13-24-20)22-11-16-2-1-9-31-16/h1-6,9,12-13H,7-8,10-11H2,(H,21,28)(H,22,23,24). The van der Waals surface area contributed by atoms with Gasteiger partial charge in [-0.25, -0.2) is 14.6 Å². The lowest BCUT2D eigenvalue weighted by Crippen LogP contribution is -2.28. The average Bonchev–Trinajstić information content (AvgIpc) is 3.43. The number of hydrogen-bond acceptors (Lipinski definition) is 8. The highest BCUT2D eigenvalue weighted by Crippen LogP contribution is 2.19. The summed E-state index contributed by atoms with van der Waals surface area (Å²) in [5.41, 5.74) is 1.35. The molecule has 0 spiro atoms. The van der Waals surface area contributed by atoms with E-state index in [9.17, 15) is 14.9 Å². The Hall–Kier alpha value is -4.28. The molecule has 0 radical (unpaired) electrons. The lowest BCUT2D eigenvalue weighted by Gasteiger charge is -2.07. The van der Waals surface area contributed by atoms with Gasteiger partial charge < -0.3 is 15.1 Å². The zero-order chi connectivity index (χ0) is 21.6. The third-order valence-electron chi connectivity index (χ3n) is 4.60. The molecule has 1 aromatic carbocycles. The number of furan rings is 1. The van der Waals surface area contributed by atoms with Crippen LogP contribution in [0.3, 0.4) is 0 Å². The van der Waals surface area contributed by atoms with E-state index in [0.29, 0.717) is 36.7 Å². The molecule has 31 heavy (non-hydrogen) atoms. The Balaban J connectivity index is 1.32. The van der Waals surface area contributed by atoms with Crippen molar-refractivity contribution in [2.75, 3.05) is 11.9 Å². The second-order valence-electron chi connectivity index (χ2n) is 6.71. The van der Waals surface area contributed by atoms with Gasteiger partial charge in [0.1, 0.15) is 17.9 Å². The van der Waals surface area contributed by atoms with Crippen LogP contribution in [0.25, 0.3) is 11.0 Å². The second-order valence-corrected chi connectivity index (χ2v) is 6.71. The Morgan fingerprint density at radius 2 is 2.03 bits per heavy atom. The van der Waals surface area contributed by atoms with E-state index in [-0.39, 0.29) is 18.0 Å². The van der Waals surface area contributed by atoms with Crippen LogP contribution in [0.1, 0.15) is 11.3 Å². The molecule has 4 rings (SSSR count). The molecule has 11 heteroatoms. The summed E-state index contributed by atoms with van der Waals surface area (Å²) < 4.78 is 7.01. The van der Waals surface area contributed by atoms with Crippen molar-refractivity contribution in [3.05, 3.63) is 76.6 Å². The van der Waals surface area contributed by atoms with Crippen molar-refractivity contribution in [2.45, 2.75) is 19.5 Å². The van der Waals surface area contributed by atoms with Crippen molar-refractivity contribution in [2.24, 2.45) is 0 Å². The highest BCUT2D eigenvalue weighted by atomic mass is 16.6. The minimum Gasteiger partial charge on any atom is -0.467 e. The maximum atomic E-state index is 12.2. The van der Waals surface area contributed by atoms with E-state index in [2.05, 4.69) is 25.7 Å². The normalized spacial score (nSPS) is 10.8. The van der Waals surface area contributed by atoms with E-state index in [0.717, 1.165) is 11.1 Å². The Bertz CT molecular complexity index is 1190. The van der Waals surface area contributed by atoms with Gasteiger partial charge in [0.2, 0.25) is 5.91 Å². The minimum atomic E-state index is -0.472. The highest BCUT2D eigenvalue weighted by molar-refractivity contribution is 5.86. The number of benzene rings is 1. The fourth-order valence-electron chi connectivity index (χ4n) is 3.07. The molecule has 0 unspecified atom stereocenters. The molecule has 4 aromatic rings. The van der Waals surface area contributed by atoms with Crippen molar-refractivity contribution in [3.8, 4) is 0 Å². The molecule has 0 saturated heterocycles. The fraction of sp³-hybridized carbons (Fsp3) is 0.200. The molecule has 1 amide bonds. The van der Waals surface area contributed by atoms with Gasteiger partial charge in [-0.05, 0) is 17.7 Å². The molecule has 2 N–H and O–H groups in total. The largest absolute Gasteiger partial charge is 0.467 e. The number of rotatable bonds is 9. The highest BCUT2D eigenvalue weighted by Gasteiger charge is 2.11. The van der Waals surface area contributed by atoms with Crippen molar-refractivity contribution in [3.63, 3.8) is 0 Å². The van der Waals surface area contributed by atoms with E-state index in [1.54, 1.807) is 29.3 Å². The van der Waals surface area contributed by atoms with Crippen LogP contribution in [0.5, 0.6) is 0 Å². The summed E-state index contributed by atoms with van der Waals surface area (Å²) in [7, 11) is 0. The van der Waals surface area contributed by atoms with Crippen LogP contribution in [0, 0.1) is 10.1 Å². The number of nitrogens with one attached hydrogen (secondary N) is 2. The summed E-state index contributed by atoms with van der Waals surface area (Å²) >= 11 is 0. The van der Waals surface area contributed by atoms with Crippen LogP contribution in [-0.2, 0) is 24.3 Å². The summed E-state index contributed by atoms with van der Waals surface area (Å²) in [6.07, 6.45) is 4.89. The summed E-state index contributed by atoms with van der Waals surface area (Å²) in [5.74, 6) is 1.26. The van der Waals surface area contributed by atoms with Gasteiger partial charge in [-0.2, -0.15) is 5.10 Å². The number of nitrogens with zero attached hydrogens (tertiary/aromatic N) is 5. The quantitative estimate of drug-likeness (QED) is 0.310. The third-order valence-corrected chi connectivity index (χ3v) is 4.60. The Morgan fingerprint density at radius 1 is 1.19 bits per heavy atom. The Kier molecular flexibility index (Phi) is 5.83. The number of amides is 1. The van der Waals surface area contributed by atoms with Gasteiger partial charge in [-0.3, -0.25) is 14.9 Å². The van der Waals surface area contributed by atoms with Crippen LogP contribution in [-0.4, -0.2) is 37.1 Å². The van der Waals surface area contributed by atoms with Crippen LogP contribution in [0.4, 0.5) is 11.5 Å². The van der Waals surface area contributed by atoms with Gasteiger partial charge >= 0.3 is 0 Å². The van der Waals surface area contributed by atoms with E-state index < -0.39 is 4.92 Å². The van der Waals surface area contributed by atoms with Crippen LogP contribution < -0.4 is 10.6 Å². The SMILES string of the molecule is O=C(Cc1ccc([N+](=O)[O-])cc1)NCCn1ncc2c(NCc3ccco3)ncnc21. The Morgan fingerprint density at radius 3 is 2.77 bits per heavy atom. The number of anilines is 1. The lowest BCUT2D eigenvalue weighted by molar-refractivity contribution is -0.384. The molecule has 0 aliphatic carbocycles. The number of aromatic nitrogens is 4. The first-order valence-electron chi connectivity index (χ1n) is 9.53. The molecule has 3 aromatic heterocycles. The van der Waals surface area contributed by atoms with Crippen LogP contribution in [0.15, 0.2) is 59.6 Å². The third kappa shape index (κ3) is 4.83. The molecule has 3 heterocycles. The van der Waals surface area contributed by atoms with E-state index in [4.69, 9.17) is 4.42 Å². The molecule has 0 aliphatic rings. The molecule has 0 bridgehead atoms. The lowest BCUT2D eigenvalue weighted by atomic mass is 10.1. The number of nitro benzene ring substituents is 1. The zero-order valence-electron chi connectivity index (χ0n) is 16.4. The Labute approximate surface area is 176 Å². The van der Waals surface area contributed by atoms with Crippen molar-refractivity contribution in [1.82, 2.24) is 25.1 Å². The van der Waals surface area contributed by atoms with Crippen molar-refractivity contribution >= 4 is 28.4 Å². The van der Waals surface area contributed by atoms with Gasteiger partial charge in [0.15, 0.2) is 5.65 Å². The van der Waals surface area contributed by atoms with E-state index in [1.165, 1.54) is 18.5 Å². The van der Waals surface area contributed by atoms with E-state index in [1.807, 2.05) is 12.1 Å². The molecule has 0 saturated carbocycles. The predicted molar refractivity (Wildman–Crippen MR) is 111 cm³/mol. The maximum absolute atomic E-state index is 12.2. The van der Waals surface area contributed by atoms with Gasteiger partial charge in [0, 0.05) is 18.7 Å².